The van der Waals surface area contributed by atoms with Gasteiger partial charge >= 0.3 is 0 Å². The van der Waals surface area contributed by atoms with E-state index in [0.29, 0.717) is 13.2 Å². The van der Waals surface area contributed by atoms with Crippen molar-refractivity contribution in [2.75, 3.05) is 13.2 Å². The molecule has 1 amide bonds. The van der Waals surface area contributed by atoms with Gasteiger partial charge in [-0.3, -0.25) is 10.1 Å². The Morgan fingerprint density at radius 2 is 2.19 bits per heavy atom. The van der Waals surface area contributed by atoms with Gasteiger partial charge in [0.15, 0.2) is 0 Å². The lowest BCUT2D eigenvalue weighted by molar-refractivity contribution is -0.131. The Hall–Kier alpha value is -0.610. The molecule has 0 aromatic heterocycles. The average molecular weight is 228 g/mol. The van der Waals surface area contributed by atoms with E-state index in [4.69, 9.17) is 4.74 Å². The lowest BCUT2D eigenvalue weighted by atomic mass is 10.1. The van der Waals surface area contributed by atoms with Crippen molar-refractivity contribution in [3.63, 3.8) is 0 Å². The molecule has 0 aromatic carbocycles. The maximum Gasteiger partial charge on any atom is 0.241 e. The first kappa shape index (κ1) is 13.5. The van der Waals surface area contributed by atoms with Crippen molar-refractivity contribution >= 4 is 5.91 Å². The molecule has 0 spiro atoms. The molecule has 4 heteroatoms. The summed E-state index contributed by atoms with van der Waals surface area (Å²) in [7, 11) is 0. The molecule has 4 nitrogen and oxygen atoms in total. The Labute approximate surface area is 98.3 Å². The van der Waals surface area contributed by atoms with Crippen LogP contribution in [0.4, 0.5) is 0 Å². The molecule has 0 saturated carbocycles. The topological polar surface area (TPSA) is 41.6 Å². The quantitative estimate of drug-likeness (QED) is 0.746. The SMILES string of the molecule is CCCC1NC(C)N(CC(C)OCC)C1=O. The van der Waals surface area contributed by atoms with Crippen molar-refractivity contribution in [1.82, 2.24) is 10.2 Å². The van der Waals surface area contributed by atoms with Gasteiger partial charge in [-0.2, -0.15) is 0 Å². The molecule has 1 rings (SSSR count). The molecular formula is C12H24N2O2. The highest BCUT2D eigenvalue weighted by molar-refractivity contribution is 5.84. The zero-order valence-corrected chi connectivity index (χ0v) is 10.8. The molecule has 3 atom stereocenters. The van der Waals surface area contributed by atoms with Crippen LogP contribution in [0.25, 0.3) is 0 Å². The van der Waals surface area contributed by atoms with Crippen LogP contribution in [-0.4, -0.2) is 42.3 Å². The van der Waals surface area contributed by atoms with E-state index >= 15 is 0 Å². The maximum absolute atomic E-state index is 12.1. The second-order valence-corrected chi connectivity index (χ2v) is 4.44. The van der Waals surface area contributed by atoms with Crippen molar-refractivity contribution in [2.45, 2.75) is 58.8 Å². The Balaban J connectivity index is 2.50. The summed E-state index contributed by atoms with van der Waals surface area (Å²) in [5.41, 5.74) is 0. The number of nitrogens with one attached hydrogen (secondary N) is 1. The zero-order chi connectivity index (χ0) is 12.1. The van der Waals surface area contributed by atoms with Gasteiger partial charge in [0.1, 0.15) is 0 Å². The molecule has 1 aliphatic heterocycles. The van der Waals surface area contributed by atoms with Crippen molar-refractivity contribution in [1.29, 1.82) is 0 Å². The monoisotopic (exact) mass is 228 g/mol. The summed E-state index contributed by atoms with van der Waals surface area (Å²) in [4.78, 5) is 13.9. The minimum Gasteiger partial charge on any atom is -0.377 e. The molecular weight excluding hydrogens is 204 g/mol. The average Bonchev–Trinajstić information content (AvgIpc) is 2.47. The van der Waals surface area contributed by atoms with Gasteiger partial charge in [-0.15, -0.1) is 0 Å². The van der Waals surface area contributed by atoms with Crippen LogP contribution in [0.15, 0.2) is 0 Å². The number of carbonyl (C=O) groups excluding carboxylic acids is 1. The van der Waals surface area contributed by atoms with Gasteiger partial charge < -0.3 is 9.64 Å². The molecule has 0 aromatic rings. The number of ether oxygens (including phenoxy) is 1. The summed E-state index contributed by atoms with van der Waals surface area (Å²) in [5, 5.41) is 3.32. The smallest absolute Gasteiger partial charge is 0.241 e. The second kappa shape index (κ2) is 6.21. The van der Waals surface area contributed by atoms with Crippen molar-refractivity contribution < 1.29 is 9.53 Å². The Morgan fingerprint density at radius 1 is 1.50 bits per heavy atom. The summed E-state index contributed by atoms with van der Waals surface area (Å²) in [6.45, 7) is 9.50. The molecule has 1 aliphatic rings. The van der Waals surface area contributed by atoms with Crippen LogP contribution in [0.1, 0.15) is 40.5 Å². The first-order valence-electron chi connectivity index (χ1n) is 6.28. The predicted octanol–water partition coefficient (Wildman–Crippen LogP) is 1.36. The fourth-order valence-corrected chi connectivity index (χ4v) is 2.20. The van der Waals surface area contributed by atoms with Crippen LogP contribution in [0.2, 0.25) is 0 Å². The van der Waals surface area contributed by atoms with Crippen LogP contribution in [0.3, 0.4) is 0 Å². The largest absolute Gasteiger partial charge is 0.377 e. The first-order valence-corrected chi connectivity index (χ1v) is 6.28. The number of nitrogens with zero attached hydrogens (tertiary/aromatic N) is 1. The highest BCUT2D eigenvalue weighted by Crippen LogP contribution is 2.15. The molecule has 94 valence electrons. The van der Waals surface area contributed by atoms with Crippen LogP contribution in [-0.2, 0) is 9.53 Å². The van der Waals surface area contributed by atoms with Crippen molar-refractivity contribution in [2.24, 2.45) is 0 Å². The lowest BCUT2D eigenvalue weighted by Gasteiger charge is -2.24. The molecule has 1 heterocycles. The van der Waals surface area contributed by atoms with E-state index in [1.807, 2.05) is 25.7 Å². The van der Waals surface area contributed by atoms with Gasteiger partial charge in [0.2, 0.25) is 5.91 Å². The molecule has 1 N–H and O–H groups in total. The maximum atomic E-state index is 12.1. The molecule has 0 bridgehead atoms. The summed E-state index contributed by atoms with van der Waals surface area (Å²) in [6, 6.07) is 0.00817. The third-order valence-electron chi connectivity index (χ3n) is 2.97. The highest BCUT2D eigenvalue weighted by Gasteiger charge is 2.36. The third-order valence-corrected chi connectivity index (χ3v) is 2.97. The van der Waals surface area contributed by atoms with Gasteiger partial charge in [0.25, 0.3) is 0 Å². The first-order chi connectivity index (χ1) is 7.60. The fraction of sp³-hybridized carbons (Fsp3) is 0.917. The number of carbonyl (C=O) groups is 1. The van der Waals surface area contributed by atoms with E-state index in [0.717, 1.165) is 12.8 Å². The molecule has 1 saturated heterocycles. The Morgan fingerprint density at radius 3 is 2.75 bits per heavy atom. The molecule has 16 heavy (non-hydrogen) atoms. The van der Waals surface area contributed by atoms with Gasteiger partial charge in [-0.05, 0) is 27.2 Å². The van der Waals surface area contributed by atoms with Crippen molar-refractivity contribution in [3.8, 4) is 0 Å². The minimum absolute atomic E-state index is 0.00817. The van der Waals surface area contributed by atoms with Gasteiger partial charge in [-0.25, -0.2) is 0 Å². The second-order valence-electron chi connectivity index (χ2n) is 4.44. The highest BCUT2D eigenvalue weighted by atomic mass is 16.5. The van der Waals surface area contributed by atoms with E-state index in [2.05, 4.69) is 12.2 Å². The Kier molecular flexibility index (Phi) is 5.22. The molecule has 0 radical (unpaired) electrons. The molecule has 3 unspecified atom stereocenters. The van der Waals surface area contributed by atoms with E-state index < -0.39 is 0 Å². The minimum atomic E-state index is 0.00817. The van der Waals surface area contributed by atoms with E-state index in [1.165, 1.54) is 0 Å². The summed E-state index contributed by atoms with van der Waals surface area (Å²) in [5.74, 6) is 0.223. The lowest BCUT2D eigenvalue weighted by Crippen LogP contribution is -2.40. The molecule has 0 aliphatic carbocycles. The van der Waals surface area contributed by atoms with Gasteiger partial charge in [-0.1, -0.05) is 13.3 Å². The number of rotatable bonds is 6. The zero-order valence-electron chi connectivity index (χ0n) is 10.8. The van der Waals surface area contributed by atoms with Crippen LogP contribution in [0.5, 0.6) is 0 Å². The summed E-state index contributed by atoms with van der Waals surface area (Å²) in [6.07, 6.45) is 2.19. The fourth-order valence-electron chi connectivity index (χ4n) is 2.20. The van der Waals surface area contributed by atoms with Crippen molar-refractivity contribution in [3.05, 3.63) is 0 Å². The number of hydrogen-bond acceptors (Lipinski definition) is 3. The number of amides is 1. The normalized spacial score (nSPS) is 27.5. The standard InChI is InChI=1S/C12H24N2O2/c1-5-7-11-12(15)14(10(4)13-11)8-9(3)16-6-2/h9-11,13H,5-8H2,1-4H3. The van der Waals surface area contributed by atoms with Gasteiger partial charge in [0.05, 0.1) is 18.3 Å². The van der Waals surface area contributed by atoms with Crippen LogP contribution >= 0.6 is 0 Å². The summed E-state index contributed by atoms with van der Waals surface area (Å²) >= 11 is 0. The van der Waals surface area contributed by atoms with E-state index in [-0.39, 0.29) is 24.2 Å². The third kappa shape index (κ3) is 3.19. The Bertz CT molecular complexity index is 233. The van der Waals surface area contributed by atoms with Crippen LogP contribution < -0.4 is 5.32 Å². The van der Waals surface area contributed by atoms with E-state index in [1.54, 1.807) is 0 Å². The van der Waals surface area contributed by atoms with Crippen LogP contribution in [0, 0.1) is 0 Å². The summed E-state index contributed by atoms with van der Waals surface area (Å²) < 4.78 is 5.47. The molecule has 1 fully saturated rings. The van der Waals surface area contributed by atoms with E-state index in [9.17, 15) is 4.79 Å². The predicted molar refractivity (Wildman–Crippen MR) is 64.1 cm³/mol. The van der Waals surface area contributed by atoms with Gasteiger partial charge in [0, 0.05) is 13.2 Å². The number of hydrogen-bond donors (Lipinski definition) is 1.